The average molecular weight is 431 g/mol. The van der Waals surface area contributed by atoms with Gasteiger partial charge in [-0.25, -0.2) is 9.67 Å². The molecule has 0 radical (unpaired) electrons. The Morgan fingerprint density at radius 3 is 2.66 bits per heavy atom. The lowest BCUT2D eigenvalue weighted by Crippen LogP contribution is -2.28. The van der Waals surface area contributed by atoms with Gasteiger partial charge in [-0.05, 0) is 64.4 Å². The summed E-state index contributed by atoms with van der Waals surface area (Å²) in [5, 5.41) is 8.25. The van der Waals surface area contributed by atoms with Gasteiger partial charge in [-0.1, -0.05) is 0 Å². The van der Waals surface area contributed by atoms with E-state index >= 15 is 0 Å². The molecule has 0 aromatic carbocycles. The molecular weight excluding hydrogens is 404 g/mol. The van der Waals surface area contributed by atoms with Crippen molar-refractivity contribution in [2.45, 2.75) is 47.2 Å². The van der Waals surface area contributed by atoms with E-state index in [1.165, 1.54) is 0 Å². The van der Waals surface area contributed by atoms with Crippen LogP contribution in [0.2, 0.25) is 0 Å². The third-order valence-electron chi connectivity index (χ3n) is 5.45. The SMILES string of the molecule is Cc1cc(C)c(CNC(=O)c2cc(-c3cccnc3)nc3c2c(C)nn3C(C)C)c(=O)[nH]1. The number of nitrogens with zero attached hydrogens (tertiary/aromatic N) is 4. The second-order valence-electron chi connectivity index (χ2n) is 8.24. The van der Waals surface area contributed by atoms with E-state index in [1.54, 1.807) is 18.5 Å². The van der Waals surface area contributed by atoms with Crippen molar-refractivity contribution in [2.75, 3.05) is 0 Å². The van der Waals surface area contributed by atoms with Crippen molar-refractivity contribution in [3.8, 4) is 11.3 Å². The Morgan fingerprint density at radius 1 is 1.22 bits per heavy atom. The number of amides is 1. The normalized spacial score (nSPS) is 11.3. The fourth-order valence-corrected chi connectivity index (χ4v) is 3.88. The van der Waals surface area contributed by atoms with Gasteiger partial charge in [-0.15, -0.1) is 0 Å². The summed E-state index contributed by atoms with van der Waals surface area (Å²) in [7, 11) is 0. The molecule has 4 heterocycles. The molecule has 164 valence electrons. The fraction of sp³-hybridized carbons (Fsp3) is 0.292. The Balaban J connectivity index is 1.80. The second-order valence-corrected chi connectivity index (χ2v) is 8.24. The number of hydrogen-bond acceptors (Lipinski definition) is 5. The van der Waals surface area contributed by atoms with Gasteiger partial charge in [-0.2, -0.15) is 5.10 Å². The highest BCUT2D eigenvalue weighted by Crippen LogP contribution is 2.28. The van der Waals surface area contributed by atoms with E-state index in [0.29, 0.717) is 27.9 Å². The van der Waals surface area contributed by atoms with Crippen LogP contribution in [0.25, 0.3) is 22.3 Å². The summed E-state index contributed by atoms with van der Waals surface area (Å²) in [6.07, 6.45) is 3.41. The smallest absolute Gasteiger partial charge is 0.253 e. The number of rotatable bonds is 5. The van der Waals surface area contributed by atoms with Gasteiger partial charge in [0.1, 0.15) is 0 Å². The van der Waals surface area contributed by atoms with Crippen LogP contribution in [-0.4, -0.2) is 30.6 Å². The molecule has 4 rings (SSSR count). The molecular formula is C24H26N6O2. The maximum absolute atomic E-state index is 13.3. The first-order valence-corrected chi connectivity index (χ1v) is 10.5. The molecule has 8 nitrogen and oxygen atoms in total. The lowest BCUT2D eigenvalue weighted by Gasteiger charge is -2.12. The number of nitrogens with one attached hydrogen (secondary N) is 2. The molecule has 0 bridgehead atoms. The van der Waals surface area contributed by atoms with Crippen LogP contribution < -0.4 is 10.9 Å². The van der Waals surface area contributed by atoms with E-state index in [9.17, 15) is 9.59 Å². The highest BCUT2D eigenvalue weighted by Gasteiger charge is 2.21. The maximum Gasteiger partial charge on any atom is 0.253 e. The van der Waals surface area contributed by atoms with Crippen molar-refractivity contribution >= 4 is 16.9 Å². The first-order chi connectivity index (χ1) is 15.3. The Labute approximate surface area is 185 Å². The van der Waals surface area contributed by atoms with Crippen molar-refractivity contribution in [3.63, 3.8) is 0 Å². The first kappa shape index (κ1) is 21.4. The Kier molecular flexibility index (Phi) is 5.61. The number of fused-ring (bicyclic) bond motifs is 1. The molecule has 0 aliphatic carbocycles. The van der Waals surface area contributed by atoms with Crippen LogP contribution in [-0.2, 0) is 6.54 Å². The maximum atomic E-state index is 13.3. The summed E-state index contributed by atoms with van der Waals surface area (Å²) >= 11 is 0. The van der Waals surface area contributed by atoms with Crippen molar-refractivity contribution in [3.05, 3.63) is 75.1 Å². The lowest BCUT2D eigenvalue weighted by molar-refractivity contribution is 0.0952. The molecule has 0 aliphatic rings. The minimum Gasteiger partial charge on any atom is -0.348 e. The van der Waals surface area contributed by atoms with Crippen LogP contribution in [0.15, 0.2) is 41.5 Å². The molecule has 4 aromatic heterocycles. The van der Waals surface area contributed by atoms with Crippen molar-refractivity contribution in [1.29, 1.82) is 0 Å². The second kappa shape index (κ2) is 8.37. The summed E-state index contributed by atoms with van der Waals surface area (Å²) in [6, 6.07) is 7.47. The molecule has 0 fully saturated rings. The zero-order chi connectivity index (χ0) is 23.0. The van der Waals surface area contributed by atoms with Gasteiger partial charge in [0.15, 0.2) is 5.65 Å². The predicted molar refractivity (Wildman–Crippen MR) is 124 cm³/mol. The average Bonchev–Trinajstić information content (AvgIpc) is 3.09. The van der Waals surface area contributed by atoms with E-state index in [1.807, 2.05) is 57.5 Å². The molecule has 0 spiro atoms. The largest absolute Gasteiger partial charge is 0.348 e. The zero-order valence-corrected chi connectivity index (χ0v) is 18.9. The Hall–Kier alpha value is -3.81. The number of aromatic nitrogens is 5. The lowest BCUT2D eigenvalue weighted by atomic mass is 10.1. The highest BCUT2D eigenvalue weighted by molar-refractivity contribution is 6.07. The molecule has 4 aromatic rings. The third kappa shape index (κ3) is 3.91. The van der Waals surface area contributed by atoms with E-state index in [2.05, 4.69) is 20.4 Å². The van der Waals surface area contributed by atoms with E-state index < -0.39 is 0 Å². The van der Waals surface area contributed by atoms with Crippen LogP contribution in [0.3, 0.4) is 0 Å². The Morgan fingerprint density at radius 2 is 2.00 bits per heavy atom. The third-order valence-corrected chi connectivity index (χ3v) is 5.45. The molecule has 0 atom stereocenters. The topological polar surface area (TPSA) is 106 Å². The summed E-state index contributed by atoms with van der Waals surface area (Å²) in [5.41, 5.74) is 5.27. The van der Waals surface area contributed by atoms with E-state index in [-0.39, 0.29) is 24.1 Å². The number of pyridine rings is 3. The summed E-state index contributed by atoms with van der Waals surface area (Å²) < 4.78 is 1.83. The van der Waals surface area contributed by atoms with Gasteiger partial charge in [0.25, 0.3) is 11.5 Å². The molecule has 0 aliphatic heterocycles. The number of aromatic amines is 1. The van der Waals surface area contributed by atoms with Crippen LogP contribution in [0.1, 0.15) is 52.8 Å². The highest BCUT2D eigenvalue weighted by atomic mass is 16.1. The van der Waals surface area contributed by atoms with Gasteiger partial charge >= 0.3 is 0 Å². The van der Waals surface area contributed by atoms with Crippen LogP contribution in [0.5, 0.6) is 0 Å². The number of hydrogen-bond donors (Lipinski definition) is 2. The molecule has 2 N–H and O–H groups in total. The minimum absolute atomic E-state index is 0.0764. The number of aryl methyl sites for hydroxylation is 3. The van der Waals surface area contributed by atoms with Gasteiger partial charge < -0.3 is 10.3 Å². The molecule has 0 saturated carbocycles. The van der Waals surface area contributed by atoms with Gasteiger partial charge in [0.05, 0.1) is 22.3 Å². The fourth-order valence-electron chi connectivity index (χ4n) is 3.88. The zero-order valence-electron chi connectivity index (χ0n) is 18.9. The number of H-pyrrole nitrogens is 1. The van der Waals surface area contributed by atoms with Crippen LogP contribution in [0.4, 0.5) is 0 Å². The van der Waals surface area contributed by atoms with Crippen molar-refractivity contribution in [1.82, 2.24) is 30.0 Å². The molecule has 0 saturated heterocycles. The van der Waals surface area contributed by atoms with Crippen molar-refractivity contribution < 1.29 is 4.79 Å². The molecule has 1 amide bonds. The predicted octanol–water partition coefficient (Wildman–Crippen LogP) is 3.62. The molecule has 32 heavy (non-hydrogen) atoms. The summed E-state index contributed by atoms with van der Waals surface area (Å²) in [6.45, 7) is 9.75. The summed E-state index contributed by atoms with van der Waals surface area (Å²) in [4.78, 5) is 37.5. The van der Waals surface area contributed by atoms with Crippen molar-refractivity contribution in [2.24, 2.45) is 0 Å². The summed E-state index contributed by atoms with van der Waals surface area (Å²) in [5.74, 6) is -0.284. The standard InChI is InChI=1S/C24H26N6O2/c1-13(2)30-22-21(16(5)29-30)18(10-20(28-22)17-7-6-8-25-11-17)23(31)26-12-19-14(3)9-15(4)27-24(19)32/h6-11,13H,12H2,1-5H3,(H,26,31)(H,27,32). The monoisotopic (exact) mass is 430 g/mol. The van der Waals surface area contributed by atoms with Gasteiger partial charge in [0.2, 0.25) is 0 Å². The quantitative estimate of drug-likeness (QED) is 0.503. The minimum atomic E-state index is -0.284. The number of carbonyl (C=O) groups excluding carboxylic acids is 1. The van der Waals surface area contributed by atoms with Gasteiger partial charge in [0, 0.05) is 41.8 Å². The molecule has 0 unspecified atom stereocenters. The number of carbonyl (C=O) groups is 1. The van der Waals surface area contributed by atoms with Crippen LogP contribution in [0, 0.1) is 20.8 Å². The van der Waals surface area contributed by atoms with Crippen LogP contribution >= 0.6 is 0 Å². The van der Waals surface area contributed by atoms with Gasteiger partial charge in [-0.3, -0.25) is 14.6 Å². The van der Waals surface area contributed by atoms with E-state index in [0.717, 1.165) is 22.5 Å². The Bertz CT molecular complexity index is 1370. The van der Waals surface area contributed by atoms with E-state index in [4.69, 9.17) is 4.98 Å². The molecule has 8 heteroatoms. The first-order valence-electron chi connectivity index (χ1n) is 10.5.